The van der Waals surface area contributed by atoms with Gasteiger partial charge >= 0.3 is 0 Å². The number of nitrogens with zero attached hydrogens (tertiary/aromatic N) is 5. The summed E-state index contributed by atoms with van der Waals surface area (Å²) in [4.78, 5) is 22.8. The zero-order valence-corrected chi connectivity index (χ0v) is 22.0. The molecule has 2 aromatic rings. The number of aliphatic imine (C=N–C) groups is 1. The number of aromatic nitrogens is 3. The first kappa shape index (κ1) is 25.2. The normalized spacial score (nSPS) is 20.1. The van der Waals surface area contributed by atoms with Gasteiger partial charge in [-0.1, -0.05) is 26.3 Å². The van der Waals surface area contributed by atoms with Crippen molar-refractivity contribution in [1.29, 1.82) is 5.41 Å². The third kappa shape index (κ3) is 5.22. The van der Waals surface area contributed by atoms with Crippen molar-refractivity contribution < 1.29 is 4.79 Å². The summed E-state index contributed by atoms with van der Waals surface area (Å²) in [5, 5.41) is 13.3. The number of carbonyl (C=O) groups is 1. The van der Waals surface area contributed by atoms with E-state index in [-0.39, 0.29) is 23.5 Å². The number of likely N-dealkylation sites (tertiary alicyclic amines) is 1. The van der Waals surface area contributed by atoms with Crippen LogP contribution >= 0.6 is 9.24 Å². The van der Waals surface area contributed by atoms with Crippen molar-refractivity contribution in [2.45, 2.75) is 58.2 Å². The number of carbonyl (C=O) groups excluding carboxylic acids is 1. The first-order valence-electron chi connectivity index (χ1n) is 12.4. The number of allylic oxidation sites excluding steroid dienone is 1. The second kappa shape index (κ2) is 10.8. The van der Waals surface area contributed by atoms with Gasteiger partial charge < -0.3 is 10.6 Å². The number of nitrogens with one attached hydrogen (secondary N) is 1. The van der Waals surface area contributed by atoms with Gasteiger partial charge in [0.15, 0.2) is 0 Å². The van der Waals surface area contributed by atoms with Crippen molar-refractivity contribution in [3.8, 4) is 11.1 Å². The molecule has 186 valence electrons. The van der Waals surface area contributed by atoms with Crippen LogP contribution in [0.1, 0.15) is 52.1 Å². The lowest BCUT2D eigenvalue weighted by Crippen LogP contribution is -2.41. The Bertz CT molecular complexity index is 1130. The van der Waals surface area contributed by atoms with Crippen LogP contribution in [0.15, 0.2) is 35.6 Å². The Balaban J connectivity index is 1.45. The number of nitrogens with two attached hydrogens (primary N) is 1. The van der Waals surface area contributed by atoms with E-state index in [1.807, 2.05) is 35.5 Å². The van der Waals surface area contributed by atoms with Crippen LogP contribution in [-0.4, -0.2) is 62.4 Å². The fourth-order valence-corrected chi connectivity index (χ4v) is 5.62. The van der Waals surface area contributed by atoms with Gasteiger partial charge in [0.25, 0.3) is 0 Å². The lowest BCUT2D eigenvalue weighted by molar-refractivity contribution is -0.130. The van der Waals surface area contributed by atoms with Crippen LogP contribution in [0.2, 0.25) is 0 Å². The van der Waals surface area contributed by atoms with Crippen LogP contribution in [-0.2, 0) is 4.79 Å². The van der Waals surface area contributed by atoms with Gasteiger partial charge in [0.2, 0.25) is 5.91 Å². The van der Waals surface area contributed by atoms with Crippen molar-refractivity contribution in [2.75, 3.05) is 18.8 Å². The fourth-order valence-electron chi connectivity index (χ4n) is 5.06. The van der Waals surface area contributed by atoms with Crippen LogP contribution in [0.3, 0.4) is 0 Å². The number of anilines is 1. The van der Waals surface area contributed by atoms with Gasteiger partial charge in [-0.05, 0) is 43.0 Å². The number of rotatable bonds is 7. The molecule has 4 rings (SSSR count). The Morgan fingerprint density at radius 3 is 2.66 bits per heavy atom. The molecule has 0 spiro atoms. The molecule has 9 heteroatoms. The second-order valence-corrected chi connectivity index (χ2v) is 10.4. The van der Waals surface area contributed by atoms with Crippen LogP contribution in [0.5, 0.6) is 0 Å². The number of nitrogen functional groups attached to an aromatic ring is 1. The van der Waals surface area contributed by atoms with Crippen molar-refractivity contribution in [3.63, 3.8) is 0 Å². The number of piperidine rings is 1. The molecule has 0 saturated carbocycles. The average Bonchev–Trinajstić information content (AvgIpc) is 3.49. The lowest BCUT2D eigenvalue weighted by atomic mass is 9.86. The first-order chi connectivity index (χ1) is 16.8. The van der Waals surface area contributed by atoms with Gasteiger partial charge in [0.05, 0.1) is 17.9 Å². The topological polar surface area (TPSA) is 113 Å². The summed E-state index contributed by atoms with van der Waals surface area (Å²) < 4.78 is 1.54. The third-order valence-electron chi connectivity index (χ3n) is 7.38. The highest BCUT2D eigenvalue weighted by Crippen LogP contribution is 2.33. The maximum absolute atomic E-state index is 11.6. The average molecular weight is 494 g/mol. The highest BCUT2D eigenvalue weighted by Gasteiger charge is 2.31. The number of hydrogen-bond acceptors (Lipinski definition) is 6. The molecule has 4 unspecified atom stereocenters. The van der Waals surface area contributed by atoms with Gasteiger partial charge in [0.1, 0.15) is 11.7 Å². The molecule has 1 fully saturated rings. The first-order valence-corrected chi connectivity index (χ1v) is 13.1. The number of hydrogen-bond donors (Lipinski definition) is 2. The van der Waals surface area contributed by atoms with Crippen molar-refractivity contribution in [2.24, 2.45) is 16.8 Å². The van der Waals surface area contributed by atoms with Gasteiger partial charge in [-0.3, -0.25) is 20.2 Å². The monoisotopic (exact) mass is 493 g/mol. The van der Waals surface area contributed by atoms with E-state index in [9.17, 15) is 4.79 Å². The molecule has 2 aromatic heterocycles. The van der Waals surface area contributed by atoms with Gasteiger partial charge in [-0.15, -0.1) is 9.24 Å². The quantitative estimate of drug-likeness (QED) is 0.343. The molecule has 1 saturated heterocycles. The Labute approximate surface area is 209 Å². The Morgan fingerprint density at radius 1 is 1.29 bits per heavy atom. The van der Waals surface area contributed by atoms with Crippen molar-refractivity contribution >= 4 is 38.6 Å². The Morgan fingerprint density at radius 2 is 2.03 bits per heavy atom. The summed E-state index contributed by atoms with van der Waals surface area (Å²) in [5.74, 6) is 1.35. The molecule has 2 aliphatic rings. The molecule has 0 bridgehead atoms. The maximum Gasteiger partial charge on any atom is 0.219 e. The van der Waals surface area contributed by atoms with Crippen LogP contribution in [0.4, 0.5) is 5.82 Å². The Hall–Kier alpha value is -2.86. The van der Waals surface area contributed by atoms with Crippen LogP contribution in [0.25, 0.3) is 16.7 Å². The van der Waals surface area contributed by atoms with Crippen molar-refractivity contribution in [1.82, 2.24) is 19.7 Å². The maximum atomic E-state index is 11.6. The predicted molar refractivity (Wildman–Crippen MR) is 146 cm³/mol. The second-order valence-electron chi connectivity index (χ2n) is 9.61. The smallest absolute Gasteiger partial charge is 0.219 e. The van der Waals surface area contributed by atoms with Gasteiger partial charge in [-0.25, -0.2) is 4.68 Å². The fraction of sp³-hybridized carbons (Fsp3) is 0.500. The van der Waals surface area contributed by atoms with Gasteiger partial charge in [0, 0.05) is 55.0 Å². The van der Waals surface area contributed by atoms with E-state index in [1.54, 1.807) is 17.8 Å². The lowest BCUT2D eigenvalue weighted by Gasteiger charge is -2.36. The third-order valence-corrected chi connectivity index (χ3v) is 8.51. The van der Waals surface area contributed by atoms with Crippen molar-refractivity contribution in [3.05, 3.63) is 36.3 Å². The molecular formula is C26H36N7OP. The van der Waals surface area contributed by atoms with E-state index in [2.05, 4.69) is 38.2 Å². The number of amides is 1. The minimum atomic E-state index is -0.0470. The molecule has 0 radical (unpaired) electrons. The molecule has 8 nitrogen and oxygen atoms in total. The van der Waals surface area contributed by atoms with E-state index < -0.39 is 0 Å². The highest BCUT2D eigenvalue weighted by atomic mass is 31.0. The van der Waals surface area contributed by atoms with E-state index >= 15 is 0 Å². The van der Waals surface area contributed by atoms with E-state index in [4.69, 9.17) is 11.1 Å². The molecule has 4 atom stereocenters. The molecule has 3 N–H and O–H groups in total. The molecule has 2 aliphatic heterocycles. The SMILES string of the molecule is CCCC1N=CC=C1c1ccc(-c2cnn(C(=N)C(C)C(P)C3CCN(C(C)=O)CC3)c2N)cn1. The van der Waals surface area contributed by atoms with Crippen LogP contribution in [0, 0.1) is 17.2 Å². The molecule has 1 amide bonds. The van der Waals surface area contributed by atoms with Gasteiger partial charge in [-0.2, -0.15) is 5.10 Å². The molecule has 4 heterocycles. The van der Waals surface area contributed by atoms with E-state index in [0.717, 1.165) is 61.2 Å². The van der Waals surface area contributed by atoms with Crippen LogP contribution < -0.4 is 5.73 Å². The van der Waals surface area contributed by atoms with E-state index in [0.29, 0.717) is 17.6 Å². The Kier molecular flexibility index (Phi) is 7.80. The highest BCUT2D eigenvalue weighted by molar-refractivity contribution is 7.17. The minimum absolute atomic E-state index is 0.0470. The summed E-state index contributed by atoms with van der Waals surface area (Å²) in [6, 6.07) is 4.20. The largest absolute Gasteiger partial charge is 0.383 e. The summed E-state index contributed by atoms with van der Waals surface area (Å²) >= 11 is 0. The molecule has 0 aliphatic carbocycles. The number of pyridine rings is 1. The summed E-state index contributed by atoms with van der Waals surface area (Å²) in [6.45, 7) is 7.41. The standard InChI is InChI=1S/C26H36N7OP/c1-4-5-22-20(8-11-29-22)23-7-6-19(14-30-23)21-15-31-33(26(21)28)25(27)16(2)24(35)18-9-12-32(13-10-18)17(3)34/h6-8,11,14-16,18,22,24,27H,4-5,9-10,12-13,28,35H2,1-3H3. The molecule has 0 aromatic carbocycles. The van der Waals surface area contributed by atoms with E-state index in [1.165, 1.54) is 0 Å². The summed E-state index contributed by atoms with van der Waals surface area (Å²) in [6.07, 6.45) is 11.4. The molecule has 35 heavy (non-hydrogen) atoms. The zero-order valence-electron chi connectivity index (χ0n) is 20.8. The predicted octanol–water partition coefficient (Wildman–Crippen LogP) is 4.13. The molecular weight excluding hydrogens is 457 g/mol. The zero-order chi connectivity index (χ0) is 25.1. The summed E-state index contributed by atoms with van der Waals surface area (Å²) in [7, 11) is 2.93. The summed E-state index contributed by atoms with van der Waals surface area (Å²) in [5.41, 5.74) is 10.4. The minimum Gasteiger partial charge on any atom is -0.383 e.